The first kappa shape index (κ1) is 10.4. The van der Waals surface area contributed by atoms with E-state index < -0.39 is 5.82 Å². The molecule has 0 aliphatic heterocycles. The third-order valence-corrected chi connectivity index (χ3v) is 5.16. The zero-order valence-corrected chi connectivity index (χ0v) is 10.1. The normalized spacial score (nSPS) is 39.2. The van der Waals surface area contributed by atoms with Crippen molar-refractivity contribution in [2.75, 3.05) is 5.32 Å². The molecule has 92 valence electrons. The molecule has 18 heavy (non-hydrogen) atoms. The fourth-order valence-electron chi connectivity index (χ4n) is 4.41. The first-order chi connectivity index (χ1) is 8.78. The Labute approximate surface area is 106 Å². The Bertz CT molecular complexity index is 532. The van der Waals surface area contributed by atoms with Crippen molar-refractivity contribution in [1.82, 2.24) is 0 Å². The second-order valence-corrected chi connectivity index (χ2v) is 5.96. The van der Waals surface area contributed by atoms with Crippen LogP contribution in [0.2, 0.25) is 0 Å². The lowest BCUT2D eigenvalue weighted by Crippen LogP contribution is -2.12. The molecule has 1 aromatic rings. The van der Waals surface area contributed by atoms with E-state index in [2.05, 4.69) is 5.32 Å². The first-order valence-electron chi connectivity index (χ1n) is 6.74. The van der Waals surface area contributed by atoms with Gasteiger partial charge in [0.15, 0.2) is 0 Å². The third kappa shape index (κ3) is 1.32. The van der Waals surface area contributed by atoms with E-state index in [9.17, 15) is 4.39 Å². The maximum atomic E-state index is 13.5. The number of benzene rings is 1. The number of nitriles is 1. The van der Waals surface area contributed by atoms with Crippen molar-refractivity contribution in [1.29, 1.82) is 5.26 Å². The number of nitrogens with one attached hydrogen (secondary N) is 1. The summed E-state index contributed by atoms with van der Waals surface area (Å²) in [5.41, 5.74) is 0.946. The Morgan fingerprint density at radius 1 is 1.22 bits per heavy atom. The van der Waals surface area contributed by atoms with Crippen molar-refractivity contribution >= 4 is 5.69 Å². The lowest BCUT2D eigenvalue weighted by Gasteiger charge is -2.12. The molecule has 2 nitrogen and oxygen atoms in total. The van der Waals surface area contributed by atoms with E-state index in [1.165, 1.54) is 25.3 Å². The predicted molar refractivity (Wildman–Crippen MR) is 66.3 cm³/mol. The fourth-order valence-corrected chi connectivity index (χ4v) is 4.41. The van der Waals surface area contributed by atoms with Crippen LogP contribution in [0.4, 0.5) is 10.1 Å². The van der Waals surface area contributed by atoms with E-state index in [-0.39, 0.29) is 5.56 Å². The first-order valence-corrected chi connectivity index (χ1v) is 6.74. The largest absolute Gasteiger partial charge is 0.382 e. The second kappa shape index (κ2) is 3.47. The lowest BCUT2D eigenvalue weighted by atomic mass is 10.0. The molecule has 0 heterocycles. The zero-order valence-electron chi connectivity index (χ0n) is 10.1. The molecule has 4 rings (SSSR count). The van der Waals surface area contributed by atoms with Crippen molar-refractivity contribution in [2.24, 2.45) is 23.7 Å². The molecule has 0 spiro atoms. The summed E-state index contributed by atoms with van der Waals surface area (Å²) >= 11 is 0. The molecule has 0 aromatic heterocycles. The van der Waals surface area contributed by atoms with E-state index in [1.807, 2.05) is 12.1 Å². The molecular weight excluding hydrogens is 227 g/mol. The van der Waals surface area contributed by atoms with Gasteiger partial charge in [-0.25, -0.2) is 4.39 Å². The predicted octanol–water partition coefficient (Wildman–Crippen LogP) is 3.15. The van der Waals surface area contributed by atoms with E-state index in [0.29, 0.717) is 6.04 Å². The minimum atomic E-state index is -0.420. The van der Waals surface area contributed by atoms with Crippen LogP contribution in [0.1, 0.15) is 24.8 Å². The van der Waals surface area contributed by atoms with Crippen molar-refractivity contribution in [3.8, 4) is 6.07 Å². The number of rotatable bonds is 2. The van der Waals surface area contributed by atoms with Crippen molar-refractivity contribution in [3.05, 3.63) is 29.6 Å². The third-order valence-electron chi connectivity index (χ3n) is 5.16. The van der Waals surface area contributed by atoms with Gasteiger partial charge >= 0.3 is 0 Å². The SMILES string of the molecule is N#Cc1ccc(NC2C3C4CCC(C4)C23)cc1F. The molecule has 3 saturated carbocycles. The van der Waals surface area contributed by atoms with Gasteiger partial charge in [0.05, 0.1) is 5.56 Å². The Kier molecular flexibility index (Phi) is 2.00. The van der Waals surface area contributed by atoms with Crippen LogP contribution in [0.3, 0.4) is 0 Å². The maximum absolute atomic E-state index is 13.5. The summed E-state index contributed by atoms with van der Waals surface area (Å²) in [4.78, 5) is 0. The van der Waals surface area contributed by atoms with Gasteiger partial charge < -0.3 is 5.32 Å². The molecule has 0 amide bonds. The summed E-state index contributed by atoms with van der Waals surface area (Å²) in [7, 11) is 0. The van der Waals surface area contributed by atoms with Gasteiger partial charge in [-0.1, -0.05) is 0 Å². The smallest absolute Gasteiger partial charge is 0.143 e. The van der Waals surface area contributed by atoms with Crippen LogP contribution in [-0.4, -0.2) is 6.04 Å². The zero-order chi connectivity index (χ0) is 12.3. The maximum Gasteiger partial charge on any atom is 0.143 e. The number of anilines is 1. The van der Waals surface area contributed by atoms with Crippen LogP contribution in [0.5, 0.6) is 0 Å². The average molecular weight is 242 g/mol. The Balaban J connectivity index is 1.51. The van der Waals surface area contributed by atoms with E-state index in [4.69, 9.17) is 5.26 Å². The highest BCUT2D eigenvalue weighted by Crippen LogP contribution is 2.66. The Morgan fingerprint density at radius 2 is 1.94 bits per heavy atom. The van der Waals surface area contributed by atoms with Crippen molar-refractivity contribution in [2.45, 2.75) is 25.3 Å². The molecule has 3 heteroatoms. The topological polar surface area (TPSA) is 35.8 Å². The molecule has 2 bridgehead atoms. The number of hydrogen-bond donors (Lipinski definition) is 1. The Morgan fingerprint density at radius 3 is 2.56 bits per heavy atom. The average Bonchev–Trinajstić information content (AvgIpc) is 2.77. The molecule has 0 saturated heterocycles. The summed E-state index contributed by atoms with van der Waals surface area (Å²) < 4.78 is 13.5. The molecule has 0 radical (unpaired) electrons. The summed E-state index contributed by atoms with van der Waals surface area (Å²) in [5.74, 6) is 3.09. The minimum Gasteiger partial charge on any atom is -0.382 e. The number of halogens is 1. The van der Waals surface area contributed by atoms with Crippen LogP contribution < -0.4 is 5.32 Å². The highest BCUT2D eigenvalue weighted by molar-refractivity contribution is 5.50. The van der Waals surface area contributed by atoms with Gasteiger partial charge in [-0.2, -0.15) is 5.26 Å². The summed E-state index contributed by atoms with van der Waals surface area (Å²) in [6.07, 6.45) is 4.22. The van der Waals surface area contributed by atoms with Gasteiger partial charge in [-0.15, -0.1) is 0 Å². The van der Waals surface area contributed by atoms with Crippen LogP contribution in [-0.2, 0) is 0 Å². The van der Waals surface area contributed by atoms with E-state index in [0.717, 1.165) is 29.4 Å². The highest BCUT2D eigenvalue weighted by Gasteiger charge is 2.64. The lowest BCUT2D eigenvalue weighted by molar-refractivity contribution is 0.456. The molecular formula is C15H15FN2. The molecule has 3 aliphatic rings. The van der Waals surface area contributed by atoms with Gasteiger partial charge in [-0.05, 0) is 61.1 Å². The van der Waals surface area contributed by atoms with Crippen molar-refractivity contribution < 1.29 is 4.39 Å². The van der Waals surface area contributed by atoms with Gasteiger partial charge in [-0.3, -0.25) is 0 Å². The van der Waals surface area contributed by atoms with Crippen LogP contribution in [0.15, 0.2) is 18.2 Å². The number of hydrogen-bond acceptors (Lipinski definition) is 2. The van der Waals surface area contributed by atoms with E-state index in [1.54, 1.807) is 6.07 Å². The molecule has 1 aromatic carbocycles. The monoisotopic (exact) mass is 242 g/mol. The molecule has 3 aliphatic carbocycles. The highest BCUT2D eigenvalue weighted by atomic mass is 19.1. The molecule has 3 fully saturated rings. The summed E-state index contributed by atoms with van der Waals surface area (Å²) in [6.45, 7) is 0. The van der Waals surface area contributed by atoms with Crippen LogP contribution >= 0.6 is 0 Å². The van der Waals surface area contributed by atoms with Gasteiger partial charge in [0.1, 0.15) is 11.9 Å². The number of fused-ring (bicyclic) bond motifs is 5. The number of nitrogens with zero attached hydrogens (tertiary/aromatic N) is 1. The summed E-state index contributed by atoms with van der Waals surface area (Å²) in [5, 5.41) is 12.2. The second-order valence-electron chi connectivity index (χ2n) is 5.96. The molecule has 4 atom stereocenters. The van der Waals surface area contributed by atoms with Crippen molar-refractivity contribution in [3.63, 3.8) is 0 Å². The molecule has 1 N–H and O–H groups in total. The van der Waals surface area contributed by atoms with E-state index >= 15 is 0 Å². The van der Waals surface area contributed by atoms with Crippen LogP contribution in [0.25, 0.3) is 0 Å². The molecule has 4 unspecified atom stereocenters. The minimum absolute atomic E-state index is 0.122. The van der Waals surface area contributed by atoms with Gasteiger partial charge in [0.2, 0.25) is 0 Å². The summed E-state index contributed by atoms with van der Waals surface area (Å²) in [6, 6.07) is 7.24. The van der Waals surface area contributed by atoms with Gasteiger partial charge in [0, 0.05) is 11.7 Å². The van der Waals surface area contributed by atoms with Crippen LogP contribution in [0, 0.1) is 40.8 Å². The Hall–Kier alpha value is -1.56. The van der Waals surface area contributed by atoms with Gasteiger partial charge in [0.25, 0.3) is 0 Å². The fraction of sp³-hybridized carbons (Fsp3) is 0.533. The standard InChI is InChI=1S/C15H15FN2/c16-12-6-11(4-3-10(12)7-17)18-15-13-8-1-2-9(5-8)14(13)15/h3-4,6,8-9,13-15,18H,1-2,5H2. The quantitative estimate of drug-likeness (QED) is 0.864.